The Hall–Kier alpha value is -0.810. The lowest BCUT2D eigenvalue weighted by molar-refractivity contribution is 0.156. The zero-order chi connectivity index (χ0) is 13.4. The van der Waals surface area contributed by atoms with Crippen molar-refractivity contribution in [3.05, 3.63) is 0 Å². The molecule has 0 bridgehead atoms. The van der Waals surface area contributed by atoms with Crippen LogP contribution in [0.5, 0.6) is 0 Å². The van der Waals surface area contributed by atoms with E-state index in [2.05, 4.69) is 28.9 Å². The molecule has 5 nitrogen and oxygen atoms in total. The van der Waals surface area contributed by atoms with Gasteiger partial charge in [0.15, 0.2) is 0 Å². The molecule has 3 N–H and O–H groups in total. The monoisotopic (exact) mass is 256 g/mol. The zero-order valence-corrected chi connectivity index (χ0v) is 11.8. The Balaban J connectivity index is 2.25. The summed E-state index contributed by atoms with van der Waals surface area (Å²) in [5.41, 5.74) is 5.50. The molecule has 1 atom stereocenters. The minimum absolute atomic E-state index is 0.322. The summed E-state index contributed by atoms with van der Waals surface area (Å²) < 4.78 is 0. The highest BCUT2D eigenvalue weighted by molar-refractivity contribution is 5.79. The van der Waals surface area contributed by atoms with Gasteiger partial charge < -0.3 is 20.7 Å². The van der Waals surface area contributed by atoms with Crippen LogP contribution in [0.25, 0.3) is 0 Å². The third kappa shape index (κ3) is 5.23. The van der Waals surface area contributed by atoms with E-state index in [0.717, 1.165) is 25.7 Å². The summed E-state index contributed by atoms with van der Waals surface area (Å²) in [7, 11) is 2.23. The maximum Gasteiger partial charge on any atom is 0.140 e. The molecule has 1 rings (SSSR count). The second-order valence-electron chi connectivity index (χ2n) is 5.19. The van der Waals surface area contributed by atoms with Crippen LogP contribution in [-0.4, -0.2) is 60.1 Å². The van der Waals surface area contributed by atoms with Crippen molar-refractivity contribution in [2.75, 3.05) is 33.2 Å². The highest BCUT2D eigenvalue weighted by Crippen LogP contribution is 2.18. The van der Waals surface area contributed by atoms with Gasteiger partial charge in [-0.3, -0.25) is 0 Å². The topological polar surface area (TPSA) is 65.1 Å². The van der Waals surface area contributed by atoms with E-state index < -0.39 is 0 Å². The molecule has 5 heteroatoms. The van der Waals surface area contributed by atoms with Crippen LogP contribution in [0.1, 0.15) is 39.0 Å². The van der Waals surface area contributed by atoms with E-state index in [1.54, 1.807) is 0 Å². The van der Waals surface area contributed by atoms with Crippen LogP contribution in [0, 0.1) is 0 Å². The van der Waals surface area contributed by atoms with Crippen LogP contribution in [0.15, 0.2) is 5.16 Å². The first-order valence-electron chi connectivity index (χ1n) is 7.06. The Morgan fingerprint density at radius 3 is 2.83 bits per heavy atom. The molecule has 0 radical (unpaired) electrons. The summed E-state index contributed by atoms with van der Waals surface area (Å²) in [6.07, 6.45) is 5.90. The van der Waals surface area contributed by atoms with Crippen LogP contribution in [0.2, 0.25) is 0 Å². The molecular formula is C13H28N4O. The van der Waals surface area contributed by atoms with Gasteiger partial charge in [0.2, 0.25) is 0 Å². The summed E-state index contributed by atoms with van der Waals surface area (Å²) in [6.45, 7) is 6.40. The molecule has 0 spiro atoms. The molecular weight excluding hydrogens is 228 g/mol. The summed E-state index contributed by atoms with van der Waals surface area (Å²) in [4.78, 5) is 4.86. The quantitative estimate of drug-likeness (QED) is 0.312. The van der Waals surface area contributed by atoms with Crippen molar-refractivity contribution >= 4 is 5.84 Å². The first-order valence-corrected chi connectivity index (χ1v) is 7.06. The van der Waals surface area contributed by atoms with Gasteiger partial charge in [0.25, 0.3) is 0 Å². The van der Waals surface area contributed by atoms with E-state index in [9.17, 15) is 0 Å². The van der Waals surface area contributed by atoms with Gasteiger partial charge in [0, 0.05) is 19.0 Å². The standard InChI is InChI=1S/C13H28N4O/c1-3-17(11-8-13(14)15-18)10-7-12-6-4-5-9-16(12)2/h12,18H,3-11H2,1-2H3,(H2,14,15). The average Bonchev–Trinajstić information content (AvgIpc) is 2.40. The SMILES string of the molecule is CCN(CCC(N)=NO)CCC1CCCCN1C. The van der Waals surface area contributed by atoms with Crippen molar-refractivity contribution in [2.24, 2.45) is 10.9 Å². The van der Waals surface area contributed by atoms with Gasteiger partial charge in [-0.15, -0.1) is 0 Å². The van der Waals surface area contributed by atoms with Crippen molar-refractivity contribution < 1.29 is 5.21 Å². The summed E-state index contributed by atoms with van der Waals surface area (Å²) in [6, 6.07) is 0.733. The number of nitrogens with zero attached hydrogens (tertiary/aromatic N) is 3. The van der Waals surface area contributed by atoms with Crippen molar-refractivity contribution in [1.82, 2.24) is 9.80 Å². The van der Waals surface area contributed by atoms with Gasteiger partial charge in [-0.1, -0.05) is 18.5 Å². The number of hydrogen-bond donors (Lipinski definition) is 2. The Bertz CT molecular complexity index is 257. The number of piperidine rings is 1. The van der Waals surface area contributed by atoms with Gasteiger partial charge in [0.1, 0.15) is 5.84 Å². The Labute approximate surface area is 111 Å². The minimum Gasteiger partial charge on any atom is -0.409 e. The number of rotatable bonds is 7. The molecule has 0 aromatic rings. The molecule has 18 heavy (non-hydrogen) atoms. The van der Waals surface area contributed by atoms with Gasteiger partial charge in [-0.2, -0.15) is 0 Å². The largest absolute Gasteiger partial charge is 0.409 e. The van der Waals surface area contributed by atoms with E-state index in [1.165, 1.54) is 32.2 Å². The fourth-order valence-corrected chi connectivity index (χ4v) is 2.59. The lowest BCUT2D eigenvalue weighted by Crippen LogP contribution is -2.39. The Morgan fingerprint density at radius 2 is 2.22 bits per heavy atom. The maximum atomic E-state index is 8.53. The van der Waals surface area contributed by atoms with Gasteiger partial charge in [-0.25, -0.2) is 0 Å². The van der Waals surface area contributed by atoms with E-state index in [4.69, 9.17) is 10.9 Å². The fraction of sp³-hybridized carbons (Fsp3) is 0.923. The highest BCUT2D eigenvalue weighted by atomic mass is 16.4. The first kappa shape index (κ1) is 15.2. The highest BCUT2D eigenvalue weighted by Gasteiger charge is 2.19. The molecule has 1 unspecified atom stereocenters. The minimum atomic E-state index is 0.322. The molecule has 1 aliphatic rings. The predicted molar refractivity (Wildman–Crippen MR) is 75.0 cm³/mol. The van der Waals surface area contributed by atoms with Crippen LogP contribution in [0.4, 0.5) is 0 Å². The lowest BCUT2D eigenvalue weighted by atomic mass is 10.00. The molecule has 1 heterocycles. The molecule has 1 fully saturated rings. The molecule has 0 aliphatic carbocycles. The van der Waals surface area contributed by atoms with E-state index in [1.807, 2.05) is 0 Å². The molecule has 1 aliphatic heterocycles. The molecule has 0 saturated carbocycles. The number of nitrogens with two attached hydrogens (primary N) is 1. The van der Waals surface area contributed by atoms with Crippen LogP contribution >= 0.6 is 0 Å². The smallest absolute Gasteiger partial charge is 0.140 e. The zero-order valence-electron chi connectivity index (χ0n) is 11.8. The number of hydrogen-bond acceptors (Lipinski definition) is 4. The van der Waals surface area contributed by atoms with Crippen LogP contribution < -0.4 is 5.73 Å². The number of amidine groups is 1. The molecule has 0 aromatic heterocycles. The van der Waals surface area contributed by atoms with Crippen molar-refractivity contribution in [3.8, 4) is 0 Å². The fourth-order valence-electron chi connectivity index (χ4n) is 2.59. The van der Waals surface area contributed by atoms with Crippen molar-refractivity contribution in [2.45, 2.75) is 45.1 Å². The van der Waals surface area contributed by atoms with Gasteiger partial charge in [0.05, 0.1) is 0 Å². The second-order valence-corrected chi connectivity index (χ2v) is 5.19. The van der Waals surface area contributed by atoms with E-state index in [-0.39, 0.29) is 0 Å². The normalized spacial score (nSPS) is 22.6. The van der Waals surface area contributed by atoms with Crippen LogP contribution in [0.3, 0.4) is 0 Å². The molecule has 0 aromatic carbocycles. The third-order valence-electron chi connectivity index (χ3n) is 3.96. The average molecular weight is 256 g/mol. The lowest BCUT2D eigenvalue weighted by Gasteiger charge is -2.34. The van der Waals surface area contributed by atoms with E-state index in [0.29, 0.717) is 12.3 Å². The summed E-state index contributed by atoms with van der Waals surface area (Å²) in [5.74, 6) is 0.322. The Kier molecular flexibility index (Phi) is 7.05. The van der Waals surface area contributed by atoms with Crippen molar-refractivity contribution in [1.29, 1.82) is 0 Å². The Morgan fingerprint density at radius 1 is 1.44 bits per heavy atom. The number of likely N-dealkylation sites (tertiary alicyclic amines) is 1. The summed E-state index contributed by atoms with van der Waals surface area (Å²) >= 11 is 0. The van der Waals surface area contributed by atoms with Crippen molar-refractivity contribution in [3.63, 3.8) is 0 Å². The van der Waals surface area contributed by atoms with E-state index >= 15 is 0 Å². The van der Waals surface area contributed by atoms with Crippen LogP contribution in [-0.2, 0) is 0 Å². The second kappa shape index (κ2) is 8.32. The van der Waals surface area contributed by atoms with Gasteiger partial charge >= 0.3 is 0 Å². The maximum absolute atomic E-state index is 8.53. The predicted octanol–water partition coefficient (Wildman–Crippen LogP) is 1.32. The summed E-state index contributed by atoms with van der Waals surface area (Å²) in [5, 5.41) is 11.5. The molecule has 0 amide bonds. The third-order valence-corrected chi connectivity index (χ3v) is 3.96. The van der Waals surface area contributed by atoms with Gasteiger partial charge in [-0.05, 0) is 45.9 Å². The first-order chi connectivity index (χ1) is 8.67. The number of oxime groups is 1. The molecule has 106 valence electrons. The molecule has 1 saturated heterocycles.